The largest absolute Gasteiger partial charge is 0.328 e. The van der Waals surface area contributed by atoms with E-state index in [1.807, 2.05) is 0 Å². The second kappa shape index (κ2) is 4.44. The summed E-state index contributed by atoms with van der Waals surface area (Å²) in [5.41, 5.74) is -0.508. The average Bonchev–Trinajstić information content (AvgIpc) is 2.81. The van der Waals surface area contributed by atoms with Crippen LogP contribution in [0, 0.1) is 0 Å². The second-order valence-electron chi connectivity index (χ2n) is 3.95. The number of Topliss-reactive ketones (excluding diaryl/α,β-unsaturated/α-hetero) is 1. The van der Waals surface area contributed by atoms with Crippen molar-refractivity contribution in [3.63, 3.8) is 0 Å². The van der Waals surface area contributed by atoms with Crippen LogP contribution in [-0.2, 0) is 0 Å². The average molecular weight is 248 g/mol. The minimum absolute atomic E-state index is 0.0371. The summed E-state index contributed by atoms with van der Waals surface area (Å²) in [5, 5.41) is 6.38. The number of carbonyl (C=O) groups excluding carboxylic acids is 1. The number of aromatic nitrogens is 4. The number of carbonyl (C=O) groups is 1. The molecule has 0 radical (unpaired) electrons. The first-order chi connectivity index (χ1) is 8.52. The fourth-order valence-corrected chi connectivity index (χ4v) is 1.73. The van der Waals surface area contributed by atoms with Gasteiger partial charge in [-0.05, 0) is 13.8 Å². The molecular weight excluding hydrogens is 236 g/mol. The Morgan fingerprint density at radius 2 is 2.11 bits per heavy atom. The molecule has 0 aliphatic carbocycles. The predicted octanol–water partition coefficient (Wildman–Crippen LogP) is 0.0716. The second-order valence-corrected chi connectivity index (χ2v) is 3.95. The molecule has 0 aromatic carbocycles. The van der Waals surface area contributed by atoms with Gasteiger partial charge in [0, 0.05) is 18.0 Å². The molecule has 0 aliphatic heterocycles. The molecule has 7 nitrogen and oxygen atoms in total. The van der Waals surface area contributed by atoms with E-state index in [4.69, 9.17) is 0 Å². The van der Waals surface area contributed by atoms with E-state index in [1.165, 1.54) is 13.1 Å². The highest BCUT2D eigenvalue weighted by molar-refractivity contribution is 5.93. The van der Waals surface area contributed by atoms with E-state index in [0.717, 1.165) is 10.8 Å². The molecule has 2 heterocycles. The summed E-state index contributed by atoms with van der Waals surface area (Å²) in [7, 11) is 0. The SMILES string of the molecule is CC(=O)c1c[nH]c(=O)n(C(C)c2cn[nH]c2)c1=O. The van der Waals surface area contributed by atoms with E-state index in [9.17, 15) is 14.4 Å². The summed E-state index contributed by atoms with van der Waals surface area (Å²) in [6.45, 7) is 2.97. The Kier molecular flexibility index (Phi) is 2.97. The van der Waals surface area contributed by atoms with Crippen molar-refractivity contribution in [1.82, 2.24) is 19.7 Å². The van der Waals surface area contributed by atoms with Crippen molar-refractivity contribution in [2.24, 2.45) is 0 Å². The van der Waals surface area contributed by atoms with Gasteiger partial charge in [-0.25, -0.2) is 4.79 Å². The fourth-order valence-electron chi connectivity index (χ4n) is 1.73. The summed E-state index contributed by atoms with van der Waals surface area (Å²) in [6, 6.07) is -0.501. The van der Waals surface area contributed by atoms with Gasteiger partial charge in [-0.3, -0.25) is 19.3 Å². The fraction of sp³-hybridized carbons (Fsp3) is 0.273. The van der Waals surface area contributed by atoms with Crippen LogP contribution < -0.4 is 11.2 Å². The Balaban J connectivity index is 2.64. The van der Waals surface area contributed by atoms with Crippen molar-refractivity contribution in [1.29, 1.82) is 0 Å². The van der Waals surface area contributed by atoms with Gasteiger partial charge in [0.15, 0.2) is 5.78 Å². The zero-order chi connectivity index (χ0) is 13.3. The first-order valence-corrected chi connectivity index (χ1v) is 5.36. The zero-order valence-corrected chi connectivity index (χ0v) is 9.93. The third-order valence-electron chi connectivity index (χ3n) is 2.78. The van der Waals surface area contributed by atoms with E-state index in [-0.39, 0.29) is 11.3 Å². The normalized spacial score (nSPS) is 12.3. The lowest BCUT2D eigenvalue weighted by molar-refractivity contribution is 0.101. The summed E-state index contributed by atoms with van der Waals surface area (Å²) >= 11 is 0. The van der Waals surface area contributed by atoms with Crippen molar-refractivity contribution in [3.05, 3.63) is 50.6 Å². The van der Waals surface area contributed by atoms with Crippen molar-refractivity contribution in [2.45, 2.75) is 19.9 Å². The summed E-state index contributed by atoms with van der Waals surface area (Å²) in [5.74, 6) is -0.385. The van der Waals surface area contributed by atoms with Crippen LogP contribution in [0.25, 0.3) is 0 Å². The molecule has 0 fully saturated rings. The van der Waals surface area contributed by atoms with Gasteiger partial charge in [0.2, 0.25) is 0 Å². The standard InChI is InChI=1S/C11H12N4O3/c1-6(8-3-13-14-4-8)15-10(17)9(7(2)16)5-12-11(15)18/h3-6H,1-2H3,(H,12,18)(H,13,14). The smallest absolute Gasteiger partial charge is 0.313 e. The minimum Gasteiger partial charge on any atom is -0.313 e. The van der Waals surface area contributed by atoms with E-state index < -0.39 is 17.3 Å². The van der Waals surface area contributed by atoms with Crippen molar-refractivity contribution in [2.75, 3.05) is 0 Å². The molecule has 0 saturated carbocycles. The molecule has 0 spiro atoms. The van der Waals surface area contributed by atoms with Gasteiger partial charge in [0.1, 0.15) is 0 Å². The van der Waals surface area contributed by atoms with Gasteiger partial charge in [0.25, 0.3) is 5.56 Å². The van der Waals surface area contributed by atoms with Crippen LogP contribution in [0.5, 0.6) is 0 Å². The van der Waals surface area contributed by atoms with E-state index in [1.54, 1.807) is 13.1 Å². The molecule has 1 unspecified atom stereocenters. The summed E-state index contributed by atoms with van der Waals surface area (Å²) in [6.07, 6.45) is 4.26. The Morgan fingerprint density at radius 1 is 1.39 bits per heavy atom. The van der Waals surface area contributed by atoms with Crippen LogP contribution >= 0.6 is 0 Å². The quantitative estimate of drug-likeness (QED) is 0.750. The highest BCUT2D eigenvalue weighted by atomic mass is 16.2. The third kappa shape index (κ3) is 1.90. The molecule has 0 bridgehead atoms. The lowest BCUT2D eigenvalue weighted by atomic mass is 10.1. The molecule has 18 heavy (non-hydrogen) atoms. The Hall–Kier alpha value is -2.44. The zero-order valence-electron chi connectivity index (χ0n) is 9.93. The maximum absolute atomic E-state index is 12.1. The van der Waals surface area contributed by atoms with Gasteiger partial charge >= 0.3 is 5.69 Å². The number of nitrogens with one attached hydrogen (secondary N) is 2. The molecule has 1 atom stereocenters. The monoisotopic (exact) mass is 248 g/mol. The number of aromatic amines is 2. The topological polar surface area (TPSA) is 101 Å². The minimum atomic E-state index is -0.597. The molecule has 2 aromatic heterocycles. The molecule has 2 rings (SSSR count). The summed E-state index contributed by atoms with van der Waals surface area (Å²) in [4.78, 5) is 37.5. The maximum Gasteiger partial charge on any atom is 0.328 e. The van der Waals surface area contributed by atoms with Gasteiger partial charge in [-0.2, -0.15) is 5.10 Å². The molecule has 2 aromatic rings. The van der Waals surface area contributed by atoms with Crippen molar-refractivity contribution in [3.8, 4) is 0 Å². The lowest BCUT2D eigenvalue weighted by Crippen LogP contribution is -2.39. The predicted molar refractivity (Wildman–Crippen MR) is 63.7 cm³/mol. The highest BCUT2D eigenvalue weighted by Crippen LogP contribution is 2.11. The van der Waals surface area contributed by atoms with Crippen molar-refractivity contribution >= 4 is 5.78 Å². The molecule has 0 aliphatic rings. The van der Waals surface area contributed by atoms with Crippen LogP contribution in [0.3, 0.4) is 0 Å². The van der Waals surface area contributed by atoms with Gasteiger partial charge in [-0.15, -0.1) is 0 Å². The van der Waals surface area contributed by atoms with Crippen LogP contribution in [0.2, 0.25) is 0 Å². The van der Waals surface area contributed by atoms with E-state index >= 15 is 0 Å². The number of ketones is 1. The first-order valence-electron chi connectivity index (χ1n) is 5.36. The molecule has 7 heteroatoms. The molecule has 2 N–H and O–H groups in total. The Morgan fingerprint density at radius 3 is 2.67 bits per heavy atom. The number of hydrogen-bond donors (Lipinski definition) is 2. The van der Waals surface area contributed by atoms with Crippen LogP contribution in [0.15, 0.2) is 28.2 Å². The molecule has 0 amide bonds. The maximum atomic E-state index is 12.1. The number of H-pyrrole nitrogens is 2. The van der Waals surface area contributed by atoms with Gasteiger partial charge < -0.3 is 4.98 Å². The lowest BCUT2D eigenvalue weighted by Gasteiger charge is -2.12. The van der Waals surface area contributed by atoms with Gasteiger partial charge in [0.05, 0.1) is 17.8 Å². The Bertz CT molecular complexity index is 681. The molecule has 0 saturated heterocycles. The summed E-state index contributed by atoms with van der Waals surface area (Å²) < 4.78 is 1.00. The third-order valence-corrected chi connectivity index (χ3v) is 2.78. The van der Waals surface area contributed by atoms with Crippen LogP contribution in [0.4, 0.5) is 0 Å². The van der Waals surface area contributed by atoms with Gasteiger partial charge in [-0.1, -0.05) is 0 Å². The molecular formula is C11H12N4O3. The number of hydrogen-bond acceptors (Lipinski definition) is 4. The van der Waals surface area contributed by atoms with Crippen LogP contribution in [0.1, 0.15) is 35.8 Å². The highest BCUT2D eigenvalue weighted by Gasteiger charge is 2.17. The van der Waals surface area contributed by atoms with Crippen LogP contribution in [-0.4, -0.2) is 25.5 Å². The number of rotatable bonds is 3. The first kappa shape index (κ1) is 12.0. The number of nitrogens with zero attached hydrogens (tertiary/aromatic N) is 2. The Labute approximate surface area is 101 Å². The van der Waals surface area contributed by atoms with E-state index in [2.05, 4.69) is 15.2 Å². The van der Waals surface area contributed by atoms with Crippen molar-refractivity contribution < 1.29 is 4.79 Å². The van der Waals surface area contributed by atoms with E-state index in [0.29, 0.717) is 5.56 Å². The molecule has 94 valence electrons.